The number of carbonyl (C=O) groups excluding carboxylic acids is 1. The van der Waals surface area contributed by atoms with Crippen molar-refractivity contribution in [1.29, 1.82) is 0 Å². The molecule has 28 heavy (non-hydrogen) atoms. The summed E-state index contributed by atoms with van der Waals surface area (Å²) in [5, 5.41) is 9.79. The Morgan fingerprint density at radius 3 is 2.64 bits per heavy atom. The summed E-state index contributed by atoms with van der Waals surface area (Å²) >= 11 is 1.60. The van der Waals surface area contributed by atoms with E-state index in [1.807, 2.05) is 46.6 Å². The van der Waals surface area contributed by atoms with Crippen molar-refractivity contribution in [1.82, 2.24) is 20.0 Å². The number of thiophene rings is 1. The summed E-state index contributed by atoms with van der Waals surface area (Å²) in [6, 6.07) is 14.6. The maximum atomic E-state index is 12.9. The zero-order valence-corrected chi connectivity index (χ0v) is 17.6. The zero-order valence-electron chi connectivity index (χ0n) is 16.8. The summed E-state index contributed by atoms with van der Waals surface area (Å²) < 4.78 is 1.85. The van der Waals surface area contributed by atoms with Gasteiger partial charge in [0.2, 0.25) is 0 Å². The number of nitrogens with one attached hydrogen (secondary N) is 1. The van der Waals surface area contributed by atoms with Gasteiger partial charge in [0, 0.05) is 25.3 Å². The van der Waals surface area contributed by atoms with Crippen LogP contribution in [0.5, 0.6) is 0 Å². The van der Waals surface area contributed by atoms with Gasteiger partial charge in [0.1, 0.15) is 5.69 Å². The van der Waals surface area contributed by atoms with Crippen LogP contribution in [0.4, 0.5) is 0 Å². The highest BCUT2D eigenvalue weighted by Crippen LogP contribution is 2.27. The van der Waals surface area contributed by atoms with Gasteiger partial charge in [-0.05, 0) is 37.4 Å². The van der Waals surface area contributed by atoms with E-state index in [1.165, 1.54) is 0 Å². The van der Waals surface area contributed by atoms with E-state index in [-0.39, 0.29) is 5.91 Å². The maximum Gasteiger partial charge on any atom is 0.255 e. The first-order chi connectivity index (χ1) is 13.6. The quantitative estimate of drug-likeness (QED) is 0.592. The number of rotatable bonds is 9. The summed E-state index contributed by atoms with van der Waals surface area (Å²) in [6.07, 6.45) is 1.86. The molecule has 3 rings (SSSR count). The van der Waals surface area contributed by atoms with Crippen LogP contribution in [0.25, 0.3) is 10.6 Å². The Kier molecular flexibility index (Phi) is 7.01. The predicted molar refractivity (Wildman–Crippen MR) is 116 cm³/mol. The molecule has 6 heteroatoms. The molecule has 0 spiro atoms. The molecular formula is C22H28N4OS. The van der Waals surface area contributed by atoms with E-state index in [1.54, 1.807) is 11.3 Å². The molecule has 2 aromatic heterocycles. The first-order valence-corrected chi connectivity index (χ1v) is 10.6. The van der Waals surface area contributed by atoms with E-state index in [0.717, 1.165) is 29.2 Å². The molecule has 1 aromatic carbocycles. The van der Waals surface area contributed by atoms with E-state index in [0.29, 0.717) is 24.7 Å². The smallest absolute Gasteiger partial charge is 0.255 e. The second-order valence-electron chi connectivity index (χ2n) is 7.03. The zero-order chi connectivity index (χ0) is 19.9. The lowest BCUT2D eigenvalue weighted by Gasteiger charge is -2.24. The number of aromatic nitrogens is 2. The Morgan fingerprint density at radius 1 is 1.21 bits per heavy atom. The summed E-state index contributed by atoms with van der Waals surface area (Å²) in [5.74, 6) is -0.0671. The number of hydrogen-bond acceptors (Lipinski definition) is 4. The first kappa shape index (κ1) is 20.3. The fraction of sp³-hybridized carbons (Fsp3) is 0.364. The Bertz CT molecular complexity index is 871. The van der Waals surface area contributed by atoms with Crippen LogP contribution in [0.15, 0.2) is 54.0 Å². The molecule has 0 fully saturated rings. The van der Waals surface area contributed by atoms with Crippen molar-refractivity contribution < 1.29 is 4.79 Å². The molecule has 2 heterocycles. The molecule has 1 amide bonds. The normalized spacial score (nSPS) is 11.3. The molecule has 0 bridgehead atoms. The fourth-order valence-corrected chi connectivity index (χ4v) is 3.95. The molecule has 0 radical (unpaired) electrons. The van der Waals surface area contributed by atoms with Gasteiger partial charge in [-0.1, -0.05) is 43.3 Å². The van der Waals surface area contributed by atoms with Crippen molar-refractivity contribution in [3.8, 4) is 10.6 Å². The number of likely N-dealkylation sites (N-methyl/N-ethyl adjacent to an activating group) is 1. The molecule has 0 saturated heterocycles. The highest BCUT2D eigenvalue weighted by Gasteiger charge is 2.19. The Hall–Kier alpha value is -2.44. The third-order valence-electron chi connectivity index (χ3n) is 4.77. The average Bonchev–Trinajstić information content (AvgIpc) is 3.35. The minimum Gasteiger partial charge on any atom is -0.351 e. The van der Waals surface area contributed by atoms with Crippen molar-refractivity contribution in [3.63, 3.8) is 0 Å². The molecule has 148 valence electrons. The van der Waals surface area contributed by atoms with Gasteiger partial charge in [-0.2, -0.15) is 5.10 Å². The van der Waals surface area contributed by atoms with E-state index in [9.17, 15) is 4.79 Å². The second-order valence-corrected chi connectivity index (χ2v) is 7.98. The van der Waals surface area contributed by atoms with Gasteiger partial charge in [-0.15, -0.1) is 11.3 Å². The number of benzene rings is 1. The molecule has 0 saturated carbocycles. The molecule has 3 aromatic rings. The number of nitrogens with zero attached hydrogens (tertiary/aromatic N) is 3. The lowest BCUT2D eigenvalue weighted by molar-refractivity contribution is 0.0946. The predicted octanol–water partition coefficient (Wildman–Crippen LogP) is 4.12. The molecule has 0 aliphatic carbocycles. The minimum absolute atomic E-state index is 0.0671. The van der Waals surface area contributed by atoms with Crippen LogP contribution in [0.1, 0.15) is 36.7 Å². The Labute approximate surface area is 171 Å². The minimum atomic E-state index is -0.0671. The number of carbonyl (C=O) groups is 1. The van der Waals surface area contributed by atoms with E-state index < -0.39 is 0 Å². The van der Waals surface area contributed by atoms with Crippen LogP contribution in [0.2, 0.25) is 0 Å². The molecule has 1 N–H and O–H groups in total. The van der Waals surface area contributed by atoms with Crippen molar-refractivity contribution in [2.24, 2.45) is 0 Å². The Balaban J connectivity index is 1.75. The van der Waals surface area contributed by atoms with Crippen LogP contribution < -0.4 is 5.32 Å². The van der Waals surface area contributed by atoms with Gasteiger partial charge in [-0.25, -0.2) is 0 Å². The van der Waals surface area contributed by atoms with Gasteiger partial charge < -0.3 is 5.32 Å². The van der Waals surface area contributed by atoms with Crippen molar-refractivity contribution in [3.05, 3.63) is 65.2 Å². The highest BCUT2D eigenvalue weighted by atomic mass is 32.1. The molecule has 5 nitrogen and oxygen atoms in total. The summed E-state index contributed by atoms with van der Waals surface area (Å²) in [7, 11) is 0. The van der Waals surface area contributed by atoms with Crippen molar-refractivity contribution in [2.75, 3.05) is 19.6 Å². The second kappa shape index (κ2) is 9.66. The Morgan fingerprint density at radius 2 is 2.00 bits per heavy atom. The van der Waals surface area contributed by atoms with Gasteiger partial charge in [-0.3, -0.25) is 14.4 Å². The molecule has 0 atom stereocenters. The topological polar surface area (TPSA) is 50.2 Å². The third kappa shape index (κ3) is 5.09. The van der Waals surface area contributed by atoms with E-state index in [2.05, 4.69) is 43.1 Å². The SMILES string of the molecule is CCN(CCNC(=O)c1cn(Cc2ccccc2)nc1-c1cccs1)C(C)C. The molecule has 0 aliphatic heterocycles. The van der Waals surface area contributed by atoms with Gasteiger partial charge in [0.25, 0.3) is 5.91 Å². The first-order valence-electron chi connectivity index (χ1n) is 9.76. The summed E-state index contributed by atoms with van der Waals surface area (Å²) in [6.45, 7) is 9.57. The van der Waals surface area contributed by atoms with Gasteiger partial charge >= 0.3 is 0 Å². The summed E-state index contributed by atoms with van der Waals surface area (Å²) in [4.78, 5) is 16.2. The highest BCUT2D eigenvalue weighted by molar-refractivity contribution is 7.13. The van der Waals surface area contributed by atoms with E-state index in [4.69, 9.17) is 5.10 Å². The van der Waals surface area contributed by atoms with Crippen LogP contribution in [0.3, 0.4) is 0 Å². The standard InChI is InChI=1S/C22H28N4OS/c1-4-25(17(2)3)13-12-23-22(27)19-16-26(15-18-9-6-5-7-10-18)24-21(19)20-11-8-14-28-20/h5-11,14,16-17H,4,12-13,15H2,1-3H3,(H,23,27). The summed E-state index contributed by atoms with van der Waals surface area (Å²) in [5.41, 5.74) is 2.54. The van der Waals surface area contributed by atoms with Crippen molar-refractivity contribution in [2.45, 2.75) is 33.4 Å². The van der Waals surface area contributed by atoms with Crippen LogP contribution in [-0.4, -0.2) is 46.3 Å². The number of amides is 1. The van der Waals surface area contributed by atoms with Crippen molar-refractivity contribution >= 4 is 17.2 Å². The third-order valence-corrected chi connectivity index (χ3v) is 5.65. The molecule has 0 aliphatic rings. The largest absolute Gasteiger partial charge is 0.351 e. The van der Waals surface area contributed by atoms with Gasteiger partial charge in [0.05, 0.1) is 17.0 Å². The lowest BCUT2D eigenvalue weighted by atomic mass is 10.2. The fourth-order valence-electron chi connectivity index (χ4n) is 3.22. The maximum absolute atomic E-state index is 12.9. The van der Waals surface area contributed by atoms with Crippen LogP contribution in [-0.2, 0) is 6.54 Å². The number of hydrogen-bond donors (Lipinski definition) is 1. The van der Waals surface area contributed by atoms with Crippen LogP contribution in [0, 0.1) is 0 Å². The average molecular weight is 397 g/mol. The molecule has 0 unspecified atom stereocenters. The van der Waals surface area contributed by atoms with Crippen LogP contribution >= 0.6 is 11.3 Å². The monoisotopic (exact) mass is 396 g/mol. The van der Waals surface area contributed by atoms with Gasteiger partial charge in [0.15, 0.2) is 0 Å². The lowest BCUT2D eigenvalue weighted by Crippen LogP contribution is -2.38. The van der Waals surface area contributed by atoms with E-state index >= 15 is 0 Å². The molecular weight excluding hydrogens is 368 g/mol.